The quantitative estimate of drug-likeness (QED) is 0.157. The van der Waals surface area contributed by atoms with Crippen molar-refractivity contribution < 1.29 is 27.8 Å². The lowest BCUT2D eigenvalue weighted by atomic mass is 9.63. The number of hydrogen-bond donors (Lipinski definition) is 3. The summed E-state index contributed by atoms with van der Waals surface area (Å²) >= 11 is 0. The van der Waals surface area contributed by atoms with E-state index in [-0.39, 0.29) is 58.0 Å². The van der Waals surface area contributed by atoms with Crippen LogP contribution in [0.25, 0.3) is 0 Å². The van der Waals surface area contributed by atoms with Gasteiger partial charge >= 0.3 is 0 Å². The number of piperidine rings is 3. The predicted octanol–water partition coefficient (Wildman–Crippen LogP) is 14.6. The molecular weight excluding hydrogens is 996 g/mol. The molecule has 3 atom stereocenters. The highest BCUT2D eigenvalue weighted by atomic mass is 19.1. The molecule has 6 aliphatic rings. The van der Waals surface area contributed by atoms with E-state index in [0.29, 0.717) is 40.1 Å². The lowest BCUT2D eigenvalue weighted by Crippen LogP contribution is -2.47. The Kier molecular flexibility index (Phi) is 21.8. The van der Waals surface area contributed by atoms with Crippen LogP contribution in [-0.4, -0.2) is 105 Å². The van der Waals surface area contributed by atoms with Gasteiger partial charge in [-0.05, 0) is 240 Å². The van der Waals surface area contributed by atoms with Gasteiger partial charge in [0.25, 0.3) is 0 Å². The molecule has 3 N–H and O–H groups in total. The highest BCUT2D eigenvalue weighted by Gasteiger charge is 2.45. The molecule has 3 saturated heterocycles. The second-order valence-corrected chi connectivity index (χ2v) is 28.8. The molecule has 3 amide bonds. The first-order chi connectivity index (χ1) is 37.8. The first kappa shape index (κ1) is 63.4. The molecule has 3 aromatic carbocycles. The van der Waals surface area contributed by atoms with Crippen molar-refractivity contribution in [2.75, 3.05) is 72.1 Å². The molecule has 9 rings (SSSR count). The summed E-state index contributed by atoms with van der Waals surface area (Å²) in [7, 11) is 0. The summed E-state index contributed by atoms with van der Waals surface area (Å²) in [5.74, 6) is -0.0369. The van der Waals surface area contributed by atoms with Crippen LogP contribution in [0, 0.1) is 22.1 Å². The molecule has 0 aromatic heterocycles. The number of ether oxygens (including phenoxy) is 1. The van der Waals surface area contributed by atoms with E-state index in [1.807, 2.05) is 19.9 Å². The molecule has 0 saturated carbocycles. The molecule has 3 aliphatic heterocycles. The van der Waals surface area contributed by atoms with Gasteiger partial charge in [-0.15, -0.1) is 0 Å². The second kappa shape index (κ2) is 27.5. The Bertz CT molecular complexity index is 2500. The third kappa shape index (κ3) is 17.2. The maximum absolute atomic E-state index is 14.2. The zero-order chi connectivity index (χ0) is 57.9. The van der Waals surface area contributed by atoms with Crippen LogP contribution in [0.15, 0.2) is 66.7 Å². The van der Waals surface area contributed by atoms with E-state index in [1.54, 1.807) is 13.0 Å². The van der Waals surface area contributed by atoms with Gasteiger partial charge in [-0.2, -0.15) is 0 Å². The Morgan fingerprint density at radius 1 is 0.525 bits per heavy atom. The van der Waals surface area contributed by atoms with Gasteiger partial charge in [0.15, 0.2) is 0 Å². The van der Waals surface area contributed by atoms with Crippen LogP contribution >= 0.6 is 0 Å². The van der Waals surface area contributed by atoms with Crippen LogP contribution in [0.2, 0.25) is 0 Å². The van der Waals surface area contributed by atoms with Crippen LogP contribution < -0.4 is 16.0 Å². The molecule has 10 nitrogen and oxygen atoms in total. The molecule has 3 spiro atoms. The third-order valence-corrected chi connectivity index (χ3v) is 19.3. The lowest BCUT2D eigenvalue weighted by molar-refractivity contribution is -0.126. The van der Waals surface area contributed by atoms with Gasteiger partial charge in [-0.1, -0.05) is 124 Å². The summed E-state index contributed by atoms with van der Waals surface area (Å²) in [5, 5.41) is 9.50. The largest absolute Gasteiger partial charge is 0.372 e. The van der Waals surface area contributed by atoms with Gasteiger partial charge < -0.3 is 35.4 Å². The van der Waals surface area contributed by atoms with Crippen molar-refractivity contribution in [3.8, 4) is 0 Å². The molecule has 3 heterocycles. The Morgan fingerprint density at radius 3 is 1.26 bits per heavy atom. The van der Waals surface area contributed by atoms with Gasteiger partial charge in [0, 0.05) is 24.2 Å². The fourth-order valence-electron chi connectivity index (χ4n) is 14.1. The minimum Gasteiger partial charge on any atom is -0.372 e. The van der Waals surface area contributed by atoms with Crippen molar-refractivity contribution >= 4 is 17.7 Å². The van der Waals surface area contributed by atoms with Crippen LogP contribution in [0.3, 0.4) is 0 Å². The van der Waals surface area contributed by atoms with E-state index in [4.69, 9.17) is 4.74 Å². The molecule has 11 heteroatoms. The standard InChI is InChI=1S/C24H37FN2O2.C23H36N2O.C22H34N2O.3H2/c1-5-29-17-22(28)26-21-8-9-24(20-16-18(25)6-7-19(20)21)11-14-27(15-12-24)13-10-23(2,3)4;1-5-21(26)24-20-10-11-23(19-9-7-6-8-18(19)20)13-16-25(17-14-23)15-12-22(2,3)4;1-17(25)23-20-9-10-22(19-8-6-5-7-18(19)20)12-15-24(16-13-22)14-11-21(2,3)4;;;/h6-7,16,21H,5,8-15,17H2,1-4H3,(H,26,28);6-9,20H,5,10-17H2,1-4H3,(H,24,26);5-8,20H,9-16H2,1-4H3,(H,23,25);3*1H/t21-;2*20-;;;/m111.../s1. The summed E-state index contributed by atoms with van der Waals surface area (Å²) in [6, 6.07) is 23.2. The minimum atomic E-state index is -0.181. The van der Waals surface area contributed by atoms with E-state index in [1.165, 1.54) is 125 Å². The maximum Gasteiger partial charge on any atom is 0.246 e. The number of benzene rings is 3. The number of nitrogens with one attached hydrogen (secondary N) is 3. The first-order valence-corrected chi connectivity index (χ1v) is 31.4. The third-order valence-electron chi connectivity index (χ3n) is 19.3. The van der Waals surface area contributed by atoms with E-state index in [9.17, 15) is 18.8 Å². The topological polar surface area (TPSA) is 106 Å². The molecule has 3 fully saturated rings. The van der Waals surface area contributed by atoms with Gasteiger partial charge in [-0.25, -0.2) is 4.39 Å². The lowest BCUT2D eigenvalue weighted by Gasteiger charge is -2.47. The van der Waals surface area contributed by atoms with Gasteiger partial charge in [0.1, 0.15) is 12.4 Å². The fraction of sp³-hybridized carbons (Fsp3) is 0.696. The normalized spacial score (nSPS) is 22.6. The smallest absolute Gasteiger partial charge is 0.246 e. The van der Waals surface area contributed by atoms with Crippen LogP contribution in [0.5, 0.6) is 0 Å². The zero-order valence-corrected chi connectivity index (χ0v) is 52.0. The molecular formula is C69H113FN6O4. The summed E-state index contributed by atoms with van der Waals surface area (Å²) in [4.78, 5) is 43.6. The summed E-state index contributed by atoms with van der Waals surface area (Å²) < 4.78 is 19.4. The Labute approximate surface area is 488 Å². The number of nitrogens with zero attached hydrogens (tertiary/aromatic N) is 3. The highest BCUT2D eigenvalue weighted by Crippen LogP contribution is 2.51. The maximum atomic E-state index is 14.2. The number of carbonyl (C=O) groups is 3. The van der Waals surface area contributed by atoms with Crippen molar-refractivity contribution in [1.29, 1.82) is 0 Å². The summed E-state index contributed by atoms with van der Waals surface area (Å²) in [6.45, 7) is 37.4. The molecule has 0 bridgehead atoms. The number of hydrogen-bond acceptors (Lipinski definition) is 7. The SMILES string of the molecule is CC(=O)N[C@@H]1CCC2(CCN(CCC(C)(C)C)CC2)c2ccccc21.CCC(=O)N[C@@H]1CCC2(CCN(CCC(C)(C)C)CC2)c2ccccc21.CCOCC(=O)N[C@@H]1CCC2(CCN(CCC(C)(C)C)CC2)c2cc(F)ccc21.[HH].[HH].[HH]. The van der Waals surface area contributed by atoms with Crippen molar-refractivity contribution in [3.63, 3.8) is 0 Å². The zero-order valence-electron chi connectivity index (χ0n) is 52.0. The Hall–Kier alpha value is -4.16. The van der Waals surface area contributed by atoms with E-state index in [2.05, 4.69) is 141 Å². The number of carbonyl (C=O) groups excluding carboxylic acids is 3. The average Bonchev–Trinajstić information content (AvgIpc) is 3.59. The van der Waals surface area contributed by atoms with Crippen LogP contribution in [0.4, 0.5) is 4.39 Å². The van der Waals surface area contributed by atoms with E-state index in [0.717, 1.165) is 69.3 Å². The monoisotopic (exact) mass is 1110 g/mol. The summed E-state index contributed by atoms with van der Waals surface area (Å²) in [6.07, 6.45) is 17.9. The van der Waals surface area contributed by atoms with E-state index >= 15 is 0 Å². The van der Waals surface area contributed by atoms with Crippen molar-refractivity contribution in [1.82, 2.24) is 30.7 Å². The van der Waals surface area contributed by atoms with Crippen LogP contribution in [-0.2, 0) is 35.4 Å². The fourth-order valence-corrected chi connectivity index (χ4v) is 14.1. The molecule has 0 unspecified atom stereocenters. The number of fused-ring (bicyclic) bond motifs is 6. The second-order valence-electron chi connectivity index (χ2n) is 28.8. The first-order valence-electron chi connectivity index (χ1n) is 31.4. The van der Waals surface area contributed by atoms with Crippen molar-refractivity contribution in [3.05, 3.63) is 106 Å². The van der Waals surface area contributed by atoms with Crippen molar-refractivity contribution in [2.45, 2.75) is 220 Å². The molecule has 3 aromatic rings. The van der Waals surface area contributed by atoms with Gasteiger partial charge in [0.2, 0.25) is 17.7 Å². The highest BCUT2D eigenvalue weighted by molar-refractivity contribution is 5.78. The molecule has 450 valence electrons. The number of halogens is 1. The Balaban J connectivity index is 0.000000263. The summed E-state index contributed by atoms with van der Waals surface area (Å²) in [5.41, 5.74) is 9.78. The average molecular weight is 1110 g/mol. The number of rotatable bonds is 13. The Morgan fingerprint density at radius 2 is 0.887 bits per heavy atom. The van der Waals surface area contributed by atoms with Crippen molar-refractivity contribution in [2.24, 2.45) is 16.2 Å². The molecule has 3 aliphatic carbocycles. The van der Waals surface area contributed by atoms with E-state index < -0.39 is 0 Å². The number of amides is 3. The van der Waals surface area contributed by atoms with Crippen LogP contribution in [0.1, 0.15) is 242 Å². The predicted molar refractivity (Wildman–Crippen MR) is 333 cm³/mol. The minimum absolute atomic E-state index is 0. The van der Waals surface area contributed by atoms with Gasteiger partial charge in [0.05, 0.1) is 18.1 Å². The van der Waals surface area contributed by atoms with Gasteiger partial charge in [-0.3, -0.25) is 14.4 Å². The molecule has 80 heavy (non-hydrogen) atoms. The number of likely N-dealkylation sites (tertiary alicyclic amines) is 3. The molecule has 0 radical (unpaired) electrons.